The normalized spacial score (nSPS) is 11.0. The van der Waals surface area contributed by atoms with Crippen molar-refractivity contribution < 1.29 is 0 Å². The van der Waals surface area contributed by atoms with E-state index in [1.54, 1.807) is 0 Å². The van der Waals surface area contributed by atoms with Crippen molar-refractivity contribution in [3.8, 4) is 0 Å². The van der Waals surface area contributed by atoms with Crippen molar-refractivity contribution in [3.05, 3.63) is 88.3 Å². The second-order valence-corrected chi connectivity index (χ2v) is 5.97. The number of aromatic nitrogens is 2. The molecule has 0 unspecified atom stereocenters. The molecule has 1 aromatic heterocycles. The third kappa shape index (κ3) is 4.88. The number of rotatable bonds is 6. The van der Waals surface area contributed by atoms with E-state index in [0.717, 1.165) is 16.8 Å². The zero-order valence-electron chi connectivity index (χ0n) is 14.0. The van der Waals surface area contributed by atoms with E-state index in [9.17, 15) is 0 Å². The number of nitrogens with one attached hydrogen (secondary N) is 1. The van der Waals surface area contributed by atoms with Crippen LogP contribution in [0.1, 0.15) is 22.4 Å². The average molecular weight is 351 g/mol. The van der Waals surface area contributed by atoms with Crippen LogP contribution in [0.4, 0.5) is 5.82 Å². The first-order valence-corrected chi connectivity index (χ1v) is 8.46. The second kappa shape index (κ2) is 8.40. The van der Waals surface area contributed by atoms with Crippen LogP contribution < -0.4 is 5.32 Å². The summed E-state index contributed by atoms with van der Waals surface area (Å²) in [5, 5.41) is 3.56. The van der Waals surface area contributed by atoms with Crippen LogP contribution in [0.25, 0.3) is 0 Å². The molecule has 0 bridgehead atoms. The summed E-state index contributed by atoms with van der Waals surface area (Å²) in [6, 6.07) is 20.3. The van der Waals surface area contributed by atoms with Crippen molar-refractivity contribution in [2.24, 2.45) is 4.99 Å². The van der Waals surface area contributed by atoms with Gasteiger partial charge in [0.25, 0.3) is 0 Å². The molecule has 0 spiro atoms. The van der Waals surface area contributed by atoms with Gasteiger partial charge in [0.05, 0.1) is 17.8 Å². The molecule has 5 heteroatoms. The van der Waals surface area contributed by atoms with Gasteiger partial charge in [-0.2, -0.15) is 0 Å². The largest absolute Gasteiger partial charge is 0.365 e. The number of halogens is 1. The van der Waals surface area contributed by atoms with Crippen LogP contribution in [-0.2, 0) is 13.1 Å². The van der Waals surface area contributed by atoms with Crippen LogP contribution in [-0.4, -0.2) is 16.2 Å². The Morgan fingerprint density at radius 1 is 0.960 bits per heavy atom. The van der Waals surface area contributed by atoms with Crippen LogP contribution in [0, 0.1) is 6.92 Å². The fourth-order valence-electron chi connectivity index (χ4n) is 2.44. The molecule has 0 aliphatic carbocycles. The summed E-state index contributed by atoms with van der Waals surface area (Å²) < 4.78 is 0. The Bertz CT molecular complexity index is 848. The topological polar surface area (TPSA) is 50.2 Å². The molecule has 0 fully saturated rings. The SMILES string of the molecule is Cc1nc(Cl)nc(NCc2ccccc2)c1C=NCc1ccccc1. The number of hydrogen-bond donors (Lipinski definition) is 1. The Morgan fingerprint density at radius 2 is 1.60 bits per heavy atom. The van der Waals surface area contributed by atoms with Gasteiger partial charge in [0.15, 0.2) is 0 Å². The molecule has 25 heavy (non-hydrogen) atoms. The lowest BCUT2D eigenvalue weighted by molar-refractivity contribution is 1.04. The van der Waals surface area contributed by atoms with Gasteiger partial charge < -0.3 is 5.32 Å². The molecule has 0 aliphatic rings. The lowest BCUT2D eigenvalue weighted by Gasteiger charge is -2.11. The van der Waals surface area contributed by atoms with Crippen molar-refractivity contribution in [1.82, 2.24) is 9.97 Å². The van der Waals surface area contributed by atoms with Crippen molar-refractivity contribution in [2.75, 3.05) is 5.32 Å². The quantitative estimate of drug-likeness (QED) is 0.519. The van der Waals surface area contributed by atoms with Crippen LogP contribution in [0.5, 0.6) is 0 Å². The van der Waals surface area contributed by atoms with E-state index < -0.39 is 0 Å². The molecule has 1 heterocycles. The maximum atomic E-state index is 6.03. The van der Waals surface area contributed by atoms with Gasteiger partial charge in [-0.3, -0.25) is 4.99 Å². The molecule has 0 amide bonds. The Kier molecular flexibility index (Phi) is 5.75. The molecule has 3 aromatic rings. The number of anilines is 1. The molecule has 4 nitrogen and oxygen atoms in total. The van der Waals surface area contributed by atoms with Crippen LogP contribution in [0.2, 0.25) is 5.28 Å². The first-order chi connectivity index (χ1) is 12.2. The Morgan fingerprint density at radius 3 is 2.28 bits per heavy atom. The molecule has 3 rings (SSSR count). The second-order valence-electron chi connectivity index (χ2n) is 5.63. The average Bonchev–Trinajstić information content (AvgIpc) is 2.63. The highest BCUT2D eigenvalue weighted by atomic mass is 35.5. The lowest BCUT2D eigenvalue weighted by Crippen LogP contribution is -2.08. The molecule has 0 saturated carbocycles. The smallest absolute Gasteiger partial charge is 0.224 e. The predicted molar refractivity (Wildman–Crippen MR) is 103 cm³/mol. The van der Waals surface area contributed by atoms with Crippen molar-refractivity contribution in [3.63, 3.8) is 0 Å². The molecule has 0 aliphatic heterocycles. The van der Waals surface area contributed by atoms with E-state index in [0.29, 0.717) is 18.9 Å². The van der Waals surface area contributed by atoms with Gasteiger partial charge in [-0.25, -0.2) is 9.97 Å². The minimum atomic E-state index is 0.230. The lowest BCUT2D eigenvalue weighted by atomic mass is 10.2. The standard InChI is InChI=1S/C20H19ClN4/c1-15-18(14-22-12-16-8-4-2-5-9-16)19(25-20(21)24-15)23-13-17-10-6-3-7-11-17/h2-11,14H,12-13H2,1H3,(H,23,24,25). The van der Waals surface area contributed by atoms with Gasteiger partial charge in [0.1, 0.15) is 5.82 Å². The fourth-order valence-corrected chi connectivity index (χ4v) is 2.66. The zero-order valence-corrected chi connectivity index (χ0v) is 14.7. The predicted octanol–water partition coefficient (Wildman–Crippen LogP) is 4.67. The maximum Gasteiger partial charge on any atom is 0.224 e. The van der Waals surface area contributed by atoms with E-state index in [2.05, 4.69) is 44.5 Å². The monoisotopic (exact) mass is 350 g/mol. The van der Waals surface area contributed by atoms with Gasteiger partial charge in [-0.05, 0) is 29.7 Å². The third-order valence-electron chi connectivity index (χ3n) is 3.75. The highest BCUT2D eigenvalue weighted by Crippen LogP contribution is 2.18. The van der Waals surface area contributed by atoms with E-state index >= 15 is 0 Å². The highest BCUT2D eigenvalue weighted by Gasteiger charge is 2.09. The number of aliphatic imine (C=N–C) groups is 1. The summed E-state index contributed by atoms with van der Waals surface area (Å²) in [5.74, 6) is 0.693. The van der Waals surface area contributed by atoms with Crippen molar-refractivity contribution >= 4 is 23.6 Å². The first kappa shape index (κ1) is 17.1. The molecule has 0 saturated heterocycles. The van der Waals surface area contributed by atoms with Crippen molar-refractivity contribution in [1.29, 1.82) is 0 Å². The van der Waals surface area contributed by atoms with Crippen LogP contribution in [0.3, 0.4) is 0 Å². The van der Waals surface area contributed by atoms with Crippen LogP contribution in [0.15, 0.2) is 65.7 Å². The molecule has 0 atom stereocenters. The zero-order chi connectivity index (χ0) is 17.5. The molecular weight excluding hydrogens is 332 g/mol. The summed E-state index contributed by atoms with van der Waals surface area (Å²) in [5.41, 5.74) is 3.98. The van der Waals surface area contributed by atoms with Crippen LogP contribution >= 0.6 is 11.6 Å². The Labute approximate surface area is 152 Å². The Hall–Kier alpha value is -2.72. The fraction of sp³-hybridized carbons (Fsp3) is 0.150. The summed E-state index contributed by atoms with van der Waals surface area (Å²) in [7, 11) is 0. The summed E-state index contributed by atoms with van der Waals surface area (Å²) in [4.78, 5) is 13.1. The highest BCUT2D eigenvalue weighted by molar-refractivity contribution is 6.28. The van der Waals surface area contributed by atoms with Crippen molar-refractivity contribution in [2.45, 2.75) is 20.0 Å². The van der Waals surface area contributed by atoms with E-state index in [1.807, 2.05) is 49.5 Å². The third-order valence-corrected chi connectivity index (χ3v) is 3.92. The number of nitrogens with zero attached hydrogens (tertiary/aromatic N) is 3. The first-order valence-electron chi connectivity index (χ1n) is 8.08. The van der Waals surface area contributed by atoms with Gasteiger partial charge in [-0.1, -0.05) is 60.7 Å². The molecule has 126 valence electrons. The van der Waals surface area contributed by atoms with E-state index in [1.165, 1.54) is 5.56 Å². The summed E-state index contributed by atoms with van der Waals surface area (Å²) in [6.45, 7) is 3.18. The summed E-state index contributed by atoms with van der Waals surface area (Å²) in [6.07, 6.45) is 1.81. The maximum absolute atomic E-state index is 6.03. The van der Waals surface area contributed by atoms with E-state index in [4.69, 9.17) is 11.6 Å². The molecule has 2 aromatic carbocycles. The van der Waals surface area contributed by atoms with E-state index in [-0.39, 0.29) is 5.28 Å². The van der Waals surface area contributed by atoms with Gasteiger partial charge in [0.2, 0.25) is 5.28 Å². The van der Waals surface area contributed by atoms with Gasteiger partial charge in [0, 0.05) is 12.8 Å². The number of benzene rings is 2. The minimum Gasteiger partial charge on any atom is -0.365 e. The molecule has 0 radical (unpaired) electrons. The number of hydrogen-bond acceptors (Lipinski definition) is 4. The minimum absolute atomic E-state index is 0.230. The molecule has 1 N–H and O–H groups in total. The Balaban J connectivity index is 1.77. The summed E-state index contributed by atoms with van der Waals surface area (Å²) >= 11 is 6.03. The molecular formula is C20H19ClN4. The van der Waals surface area contributed by atoms with Gasteiger partial charge >= 0.3 is 0 Å². The van der Waals surface area contributed by atoms with Gasteiger partial charge in [-0.15, -0.1) is 0 Å². The number of aryl methyl sites for hydroxylation is 1.